The predicted octanol–water partition coefficient (Wildman–Crippen LogP) is 5.04. The normalized spacial score (nSPS) is 11.1. The Balaban J connectivity index is 2.34. The summed E-state index contributed by atoms with van der Waals surface area (Å²) in [6.45, 7) is 6.43. The largest absolute Gasteiger partial charge is 0.493 e. The molecular weight excluding hydrogens is 378 g/mol. The molecule has 2 rings (SSSR count). The van der Waals surface area contributed by atoms with Gasteiger partial charge in [0.15, 0.2) is 11.5 Å². The Hall–Kier alpha value is -2.38. The van der Waals surface area contributed by atoms with E-state index in [1.807, 2.05) is 6.07 Å². The summed E-state index contributed by atoms with van der Waals surface area (Å²) in [5.74, 6) is 2.11. The van der Waals surface area contributed by atoms with Crippen LogP contribution >= 0.6 is 11.8 Å². The van der Waals surface area contributed by atoms with Crippen molar-refractivity contribution in [3.63, 3.8) is 0 Å². The second-order valence-corrected chi connectivity index (χ2v) is 8.98. The molecule has 0 aliphatic rings. The molecule has 0 aliphatic carbocycles. The minimum atomic E-state index is -0.322. The van der Waals surface area contributed by atoms with Crippen molar-refractivity contribution >= 4 is 23.4 Å². The fraction of sp³-hybridized carbons (Fsp3) is 0.381. The zero-order valence-corrected chi connectivity index (χ0v) is 17.7. The first kappa shape index (κ1) is 21.9. The Morgan fingerprint density at radius 2 is 1.79 bits per heavy atom. The monoisotopic (exact) mass is 405 g/mol. The van der Waals surface area contributed by atoms with E-state index in [1.54, 1.807) is 49.2 Å². The summed E-state index contributed by atoms with van der Waals surface area (Å²) in [6, 6.07) is 10.7. The fourth-order valence-electron chi connectivity index (χ4n) is 2.42. The highest BCUT2D eigenvalue weighted by Crippen LogP contribution is 2.38. The van der Waals surface area contributed by atoms with Gasteiger partial charge in [0.1, 0.15) is 5.75 Å². The molecule has 0 radical (unpaired) electrons. The Bertz CT molecular complexity index is 817. The summed E-state index contributed by atoms with van der Waals surface area (Å²) in [5, 5.41) is 9.24. The third kappa shape index (κ3) is 6.35. The highest BCUT2D eigenvalue weighted by molar-refractivity contribution is 7.99. The van der Waals surface area contributed by atoms with Gasteiger partial charge >= 0.3 is 5.97 Å². The first-order chi connectivity index (χ1) is 13.3. The molecule has 0 atom stereocenters. The lowest BCUT2D eigenvalue weighted by Gasteiger charge is -2.20. The molecule has 28 heavy (non-hydrogen) atoms. The van der Waals surface area contributed by atoms with Gasteiger partial charge in [-0.05, 0) is 35.9 Å². The number of hydrogen-bond donors (Lipinski definition) is 2. The minimum Gasteiger partial charge on any atom is -0.493 e. The van der Waals surface area contributed by atoms with Crippen LogP contribution in [0.4, 0.5) is 5.69 Å². The molecule has 7 heteroatoms. The van der Waals surface area contributed by atoms with E-state index >= 15 is 0 Å². The van der Waals surface area contributed by atoms with E-state index in [4.69, 9.17) is 14.2 Å². The quantitative estimate of drug-likeness (QED) is 0.471. The van der Waals surface area contributed by atoms with Crippen LogP contribution in [0.1, 0.15) is 31.9 Å². The molecule has 0 amide bonds. The molecule has 0 aromatic heterocycles. The molecule has 2 aromatic rings. The standard InChI is InChI=1S/C21H27NO5S/c1-21(2,3)28-13-15-12-16(22-24)7-9-17(15)27-19-10-14(11-20(23)26-5)6-8-18(19)25-4/h6-10,12,22,24H,11,13H2,1-5H3. The van der Waals surface area contributed by atoms with Gasteiger partial charge in [-0.2, -0.15) is 11.8 Å². The van der Waals surface area contributed by atoms with Gasteiger partial charge < -0.3 is 14.2 Å². The maximum atomic E-state index is 11.6. The number of hydrogen-bond acceptors (Lipinski definition) is 7. The summed E-state index contributed by atoms with van der Waals surface area (Å²) in [7, 11) is 2.93. The van der Waals surface area contributed by atoms with E-state index in [0.717, 1.165) is 11.1 Å². The second kappa shape index (κ2) is 9.71. The highest BCUT2D eigenvalue weighted by Gasteiger charge is 2.16. The maximum absolute atomic E-state index is 11.6. The number of rotatable bonds is 8. The zero-order valence-electron chi connectivity index (χ0n) is 16.9. The van der Waals surface area contributed by atoms with E-state index in [-0.39, 0.29) is 17.1 Å². The van der Waals surface area contributed by atoms with Gasteiger partial charge in [0.05, 0.1) is 26.3 Å². The number of carbonyl (C=O) groups excluding carboxylic acids is 1. The fourth-order valence-corrected chi connectivity index (χ4v) is 3.24. The van der Waals surface area contributed by atoms with Crippen LogP contribution in [0, 0.1) is 0 Å². The van der Waals surface area contributed by atoms with Crippen LogP contribution in [-0.4, -0.2) is 30.1 Å². The van der Waals surface area contributed by atoms with Gasteiger partial charge in [0.2, 0.25) is 0 Å². The van der Waals surface area contributed by atoms with Crippen molar-refractivity contribution in [2.45, 2.75) is 37.7 Å². The summed E-state index contributed by atoms with van der Waals surface area (Å²) >= 11 is 1.77. The molecule has 152 valence electrons. The van der Waals surface area contributed by atoms with Crippen LogP contribution in [0.25, 0.3) is 0 Å². The van der Waals surface area contributed by atoms with Gasteiger partial charge in [0.25, 0.3) is 0 Å². The number of methoxy groups -OCH3 is 2. The Morgan fingerprint density at radius 3 is 2.39 bits per heavy atom. The van der Waals surface area contributed by atoms with Crippen molar-refractivity contribution in [2.75, 3.05) is 19.7 Å². The van der Waals surface area contributed by atoms with Gasteiger partial charge in [-0.1, -0.05) is 26.8 Å². The lowest BCUT2D eigenvalue weighted by molar-refractivity contribution is -0.139. The number of thioether (sulfide) groups is 1. The lowest BCUT2D eigenvalue weighted by atomic mass is 10.1. The van der Waals surface area contributed by atoms with Crippen LogP contribution in [0.5, 0.6) is 17.2 Å². The lowest BCUT2D eigenvalue weighted by Crippen LogP contribution is -2.08. The van der Waals surface area contributed by atoms with Crippen LogP contribution in [0.2, 0.25) is 0 Å². The SMILES string of the molecule is COC(=O)Cc1ccc(OC)c(Oc2ccc(NO)cc2CSC(C)(C)C)c1. The highest BCUT2D eigenvalue weighted by atomic mass is 32.2. The van der Waals surface area contributed by atoms with Crippen molar-refractivity contribution in [3.05, 3.63) is 47.5 Å². The smallest absolute Gasteiger partial charge is 0.309 e. The molecule has 0 unspecified atom stereocenters. The average molecular weight is 406 g/mol. The van der Waals surface area contributed by atoms with Crippen molar-refractivity contribution in [1.29, 1.82) is 0 Å². The van der Waals surface area contributed by atoms with Crippen LogP contribution in [-0.2, 0) is 21.7 Å². The molecule has 0 spiro atoms. The van der Waals surface area contributed by atoms with E-state index in [9.17, 15) is 10.0 Å². The zero-order chi connectivity index (χ0) is 20.7. The van der Waals surface area contributed by atoms with Gasteiger partial charge in [0, 0.05) is 16.1 Å². The summed E-state index contributed by atoms with van der Waals surface area (Å²) in [6.07, 6.45) is 0.150. The first-order valence-corrected chi connectivity index (χ1v) is 9.83. The number of benzene rings is 2. The van der Waals surface area contributed by atoms with E-state index < -0.39 is 0 Å². The van der Waals surface area contributed by atoms with Crippen LogP contribution in [0.15, 0.2) is 36.4 Å². The third-order valence-corrected chi connectivity index (χ3v) is 5.20. The van der Waals surface area contributed by atoms with E-state index in [2.05, 4.69) is 26.3 Å². The number of carbonyl (C=O) groups is 1. The first-order valence-electron chi connectivity index (χ1n) is 8.84. The van der Waals surface area contributed by atoms with Crippen LogP contribution < -0.4 is 15.0 Å². The molecule has 0 aliphatic heterocycles. The predicted molar refractivity (Wildman–Crippen MR) is 112 cm³/mol. The summed E-state index contributed by atoms with van der Waals surface area (Å²) in [5.41, 5.74) is 4.46. The Morgan fingerprint density at radius 1 is 1.07 bits per heavy atom. The molecule has 0 fully saturated rings. The number of anilines is 1. The van der Waals surface area contributed by atoms with Crippen molar-refractivity contribution in [3.8, 4) is 17.2 Å². The maximum Gasteiger partial charge on any atom is 0.309 e. The molecule has 0 saturated heterocycles. The topological polar surface area (TPSA) is 77.0 Å². The number of ether oxygens (including phenoxy) is 3. The van der Waals surface area contributed by atoms with E-state index in [0.29, 0.717) is 28.7 Å². The number of nitrogens with one attached hydrogen (secondary N) is 1. The average Bonchev–Trinajstić information content (AvgIpc) is 2.66. The second-order valence-electron chi connectivity index (χ2n) is 7.18. The molecule has 0 saturated carbocycles. The molecule has 6 nitrogen and oxygen atoms in total. The van der Waals surface area contributed by atoms with Gasteiger partial charge in [-0.15, -0.1) is 0 Å². The third-order valence-electron chi connectivity index (χ3n) is 3.87. The minimum absolute atomic E-state index is 0.0814. The summed E-state index contributed by atoms with van der Waals surface area (Å²) < 4.78 is 16.4. The Labute approximate surface area is 170 Å². The van der Waals surface area contributed by atoms with E-state index in [1.165, 1.54) is 7.11 Å². The van der Waals surface area contributed by atoms with Crippen molar-refractivity contribution in [2.24, 2.45) is 0 Å². The summed E-state index contributed by atoms with van der Waals surface area (Å²) in [4.78, 5) is 11.6. The molecule has 2 aromatic carbocycles. The van der Waals surface area contributed by atoms with Gasteiger partial charge in [-0.3, -0.25) is 15.5 Å². The molecule has 0 heterocycles. The molecule has 2 N–H and O–H groups in total. The molecule has 0 bridgehead atoms. The Kier molecular flexibility index (Phi) is 7.60. The van der Waals surface area contributed by atoms with Gasteiger partial charge in [-0.25, -0.2) is 0 Å². The molecular formula is C21H27NO5S. The van der Waals surface area contributed by atoms with Crippen molar-refractivity contribution < 1.29 is 24.2 Å². The van der Waals surface area contributed by atoms with Crippen LogP contribution in [0.3, 0.4) is 0 Å². The number of esters is 1. The van der Waals surface area contributed by atoms with Crippen molar-refractivity contribution in [1.82, 2.24) is 0 Å².